The lowest BCUT2D eigenvalue weighted by atomic mass is 9.79. The molecule has 36 heavy (non-hydrogen) atoms. The molecule has 3 aromatic rings. The summed E-state index contributed by atoms with van der Waals surface area (Å²) >= 11 is 0. The first-order valence-corrected chi connectivity index (χ1v) is 14.6. The molecule has 0 saturated heterocycles. The molecule has 3 aromatic carbocycles. The van der Waals surface area contributed by atoms with Gasteiger partial charge in [-0.2, -0.15) is 8.42 Å². The number of sulfonamides is 1. The third-order valence-electron chi connectivity index (χ3n) is 5.79. The Morgan fingerprint density at radius 2 is 1.03 bits per heavy atom. The van der Waals surface area contributed by atoms with Crippen LogP contribution in [0.1, 0.15) is 63.8 Å². The number of hydrogen-bond donors (Lipinski definition) is 1. The highest BCUT2D eigenvalue weighted by atomic mass is 32.2. The topological polar surface area (TPSA) is 89.5 Å². The largest absolute Gasteiger partial charge is 0.378 e. The summed E-state index contributed by atoms with van der Waals surface area (Å²) < 4.78 is 61.3. The zero-order valence-electron chi connectivity index (χ0n) is 22.1. The second kappa shape index (κ2) is 9.56. The Balaban J connectivity index is 2.18. The summed E-state index contributed by atoms with van der Waals surface area (Å²) in [5.41, 5.74) is 2.28. The van der Waals surface area contributed by atoms with Crippen molar-refractivity contribution in [2.75, 3.05) is 4.72 Å². The summed E-state index contributed by atoms with van der Waals surface area (Å²) in [6.07, 6.45) is 0. The quantitative estimate of drug-likeness (QED) is 0.370. The van der Waals surface area contributed by atoms with Crippen LogP contribution in [0.4, 0.5) is 5.69 Å². The van der Waals surface area contributed by atoms with Gasteiger partial charge in [-0.3, -0.25) is 4.72 Å². The van der Waals surface area contributed by atoms with E-state index in [9.17, 15) is 16.8 Å². The van der Waals surface area contributed by atoms with E-state index in [1.807, 2.05) is 55.4 Å². The van der Waals surface area contributed by atoms with Crippen molar-refractivity contribution in [3.05, 3.63) is 82.9 Å². The van der Waals surface area contributed by atoms with Gasteiger partial charge in [-0.1, -0.05) is 76.9 Å². The van der Waals surface area contributed by atoms with Gasteiger partial charge in [-0.15, -0.1) is 0 Å². The lowest BCUT2D eigenvalue weighted by Gasteiger charge is -2.30. The van der Waals surface area contributed by atoms with Gasteiger partial charge in [-0.25, -0.2) is 8.42 Å². The number of nitrogens with one attached hydrogen (secondary N) is 1. The van der Waals surface area contributed by atoms with Gasteiger partial charge in [0.15, 0.2) is 5.75 Å². The van der Waals surface area contributed by atoms with Gasteiger partial charge < -0.3 is 4.18 Å². The van der Waals surface area contributed by atoms with Crippen LogP contribution in [-0.2, 0) is 31.0 Å². The molecule has 0 aliphatic carbocycles. The Morgan fingerprint density at radius 3 is 1.42 bits per heavy atom. The lowest BCUT2D eigenvalue weighted by Crippen LogP contribution is -2.23. The maximum Gasteiger partial charge on any atom is 0.339 e. The minimum Gasteiger partial charge on any atom is -0.378 e. The summed E-state index contributed by atoms with van der Waals surface area (Å²) in [5, 5.41) is 0. The average molecular weight is 530 g/mol. The fourth-order valence-electron chi connectivity index (χ4n) is 3.69. The number of hydrogen-bond acceptors (Lipinski definition) is 5. The van der Waals surface area contributed by atoms with Crippen LogP contribution in [0.3, 0.4) is 0 Å². The van der Waals surface area contributed by atoms with Crippen molar-refractivity contribution in [2.24, 2.45) is 0 Å². The van der Waals surface area contributed by atoms with Crippen LogP contribution in [0.15, 0.2) is 70.5 Å². The maximum atomic E-state index is 13.3. The Hall–Kier alpha value is -2.84. The minimum absolute atomic E-state index is 0.0527. The van der Waals surface area contributed by atoms with Gasteiger partial charge in [0.2, 0.25) is 0 Å². The van der Waals surface area contributed by atoms with Crippen molar-refractivity contribution in [1.82, 2.24) is 0 Å². The van der Waals surface area contributed by atoms with Crippen molar-refractivity contribution >= 4 is 25.8 Å². The second-order valence-electron chi connectivity index (χ2n) is 11.2. The van der Waals surface area contributed by atoms with Crippen molar-refractivity contribution in [2.45, 2.75) is 76.0 Å². The normalized spacial score (nSPS) is 12.9. The van der Waals surface area contributed by atoms with Crippen LogP contribution in [0, 0.1) is 13.8 Å². The molecule has 0 atom stereocenters. The molecular formula is C28H35NO5S2. The summed E-state index contributed by atoms with van der Waals surface area (Å²) in [6, 6.07) is 16.4. The highest BCUT2D eigenvalue weighted by Gasteiger charge is 2.32. The Bertz CT molecular complexity index is 1420. The summed E-state index contributed by atoms with van der Waals surface area (Å²) in [7, 11) is -7.99. The fraction of sp³-hybridized carbons (Fsp3) is 0.357. The molecule has 0 spiro atoms. The molecule has 0 radical (unpaired) electrons. The number of anilines is 1. The van der Waals surface area contributed by atoms with Crippen LogP contribution in [-0.4, -0.2) is 16.8 Å². The highest BCUT2D eigenvalue weighted by molar-refractivity contribution is 7.92. The van der Waals surface area contributed by atoms with E-state index >= 15 is 0 Å². The molecule has 0 heterocycles. The van der Waals surface area contributed by atoms with Crippen LogP contribution < -0.4 is 8.91 Å². The molecular weight excluding hydrogens is 494 g/mol. The van der Waals surface area contributed by atoms with E-state index in [0.717, 1.165) is 11.1 Å². The van der Waals surface area contributed by atoms with Gasteiger partial charge in [-0.05, 0) is 61.1 Å². The summed E-state index contributed by atoms with van der Waals surface area (Å²) in [5.74, 6) is 0.217. The van der Waals surface area contributed by atoms with E-state index in [1.165, 1.54) is 12.1 Å². The second-order valence-corrected chi connectivity index (χ2v) is 14.4. The van der Waals surface area contributed by atoms with Gasteiger partial charge in [0, 0.05) is 16.8 Å². The first-order chi connectivity index (χ1) is 16.4. The van der Waals surface area contributed by atoms with Crippen molar-refractivity contribution in [3.63, 3.8) is 0 Å². The SMILES string of the molecule is Cc1ccc(S(=O)(=O)Nc2cc(C(C)(C)C)c(OS(=O)(=O)c3ccc(C)cc3)c(C(C)(C)C)c2)cc1. The predicted octanol–water partition coefficient (Wildman–Crippen LogP) is 6.47. The average Bonchev–Trinajstić information content (AvgIpc) is 2.73. The van der Waals surface area contributed by atoms with Crippen molar-refractivity contribution < 1.29 is 21.0 Å². The van der Waals surface area contributed by atoms with Gasteiger partial charge in [0.05, 0.1) is 4.90 Å². The van der Waals surface area contributed by atoms with E-state index in [-0.39, 0.29) is 15.5 Å². The number of benzene rings is 3. The first kappa shape index (κ1) is 27.7. The van der Waals surface area contributed by atoms with Crippen molar-refractivity contribution in [3.8, 4) is 5.75 Å². The Labute approximate surface area is 215 Å². The number of rotatable bonds is 6. The smallest absolute Gasteiger partial charge is 0.339 e. The molecule has 0 aliphatic rings. The van der Waals surface area contributed by atoms with Gasteiger partial charge in [0.25, 0.3) is 10.0 Å². The van der Waals surface area contributed by atoms with Crippen LogP contribution in [0.5, 0.6) is 5.75 Å². The van der Waals surface area contributed by atoms with E-state index in [4.69, 9.17) is 4.18 Å². The van der Waals surface area contributed by atoms with Crippen LogP contribution >= 0.6 is 0 Å². The molecule has 0 aliphatic heterocycles. The molecule has 0 bridgehead atoms. The molecule has 0 saturated carbocycles. The highest BCUT2D eigenvalue weighted by Crippen LogP contribution is 2.43. The third-order valence-corrected chi connectivity index (χ3v) is 8.42. The molecule has 8 heteroatoms. The van der Waals surface area contributed by atoms with E-state index in [0.29, 0.717) is 16.8 Å². The van der Waals surface area contributed by atoms with Crippen molar-refractivity contribution in [1.29, 1.82) is 0 Å². The summed E-state index contributed by atoms with van der Waals surface area (Å²) in [4.78, 5) is 0.196. The molecule has 0 aromatic heterocycles. The Kier molecular flexibility index (Phi) is 7.37. The van der Waals surface area contributed by atoms with E-state index in [2.05, 4.69) is 4.72 Å². The maximum absolute atomic E-state index is 13.3. The van der Waals surface area contributed by atoms with Crippen LogP contribution in [0.25, 0.3) is 0 Å². The van der Waals surface area contributed by atoms with Gasteiger partial charge in [0.1, 0.15) is 4.90 Å². The van der Waals surface area contributed by atoms with E-state index in [1.54, 1.807) is 48.5 Å². The zero-order chi connectivity index (χ0) is 27.1. The summed E-state index contributed by atoms with van der Waals surface area (Å²) in [6.45, 7) is 15.3. The predicted molar refractivity (Wildman–Crippen MR) is 145 cm³/mol. The molecule has 0 fully saturated rings. The third kappa shape index (κ3) is 6.28. The fourth-order valence-corrected chi connectivity index (χ4v) is 5.69. The lowest BCUT2D eigenvalue weighted by molar-refractivity contribution is 0.454. The van der Waals surface area contributed by atoms with E-state index < -0.39 is 31.0 Å². The molecule has 0 unspecified atom stereocenters. The minimum atomic E-state index is -4.13. The Morgan fingerprint density at radius 1 is 0.639 bits per heavy atom. The van der Waals surface area contributed by atoms with Crippen LogP contribution in [0.2, 0.25) is 0 Å². The molecule has 3 rings (SSSR count). The molecule has 194 valence electrons. The standard InChI is InChI=1S/C28H35NO5S2/c1-19-9-13-22(14-10-19)35(30,31)29-21-17-24(27(3,4)5)26(25(18-21)28(6,7)8)34-36(32,33)23-15-11-20(2)12-16-23/h9-18,29H,1-8H3. The monoisotopic (exact) mass is 529 g/mol. The molecule has 0 amide bonds. The molecule has 6 nitrogen and oxygen atoms in total. The zero-order valence-corrected chi connectivity index (χ0v) is 23.8. The first-order valence-electron chi connectivity index (χ1n) is 11.7. The number of aryl methyl sites for hydroxylation is 2. The molecule has 1 N–H and O–H groups in total. The van der Waals surface area contributed by atoms with Gasteiger partial charge >= 0.3 is 10.1 Å².